The third kappa shape index (κ3) is 4.87. The molecule has 9 heteroatoms. The second kappa shape index (κ2) is 9.56. The number of ether oxygens (including phenoxy) is 1. The van der Waals surface area contributed by atoms with Crippen LogP contribution in [0.15, 0.2) is 71.7 Å². The Morgan fingerprint density at radius 2 is 1.88 bits per heavy atom. The van der Waals surface area contributed by atoms with Gasteiger partial charge >= 0.3 is 0 Å². The van der Waals surface area contributed by atoms with Crippen molar-refractivity contribution >= 4 is 5.91 Å². The zero-order chi connectivity index (χ0) is 23.4. The highest BCUT2D eigenvalue weighted by Gasteiger charge is 2.27. The monoisotopic (exact) mass is 453 g/mol. The van der Waals surface area contributed by atoms with Gasteiger partial charge in [0.15, 0.2) is 23.1 Å². The van der Waals surface area contributed by atoms with Crippen LogP contribution in [0.4, 0.5) is 8.78 Å². The van der Waals surface area contributed by atoms with E-state index < -0.39 is 28.7 Å². The zero-order valence-electron chi connectivity index (χ0n) is 17.5. The molecular weight excluding hydrogens is 432 g/mol. The van der Waals surface area contributed by atoms with E-state index in [0.717, 1.165) is 11.6 Å². The number of nitrogens with zero attached hydrogens (tertiary/aromatic N) is 2. The number of halogens is 2. The Kier molecular flexibility index (Phi) is 6.39. The fourth-order valence-corrected chi connectivity index (χ4v) is 3.46. The van der Waals surface area contributed by atoms with E-state index in [1.807, 2.05) is 18.2 Å². The number of rotatable bonds is 7. The van der Waals surface area contributed by atoms with Gasteiger partial charge in [-0.05, 0) is 35.4 Å². The summed E-state index contributed by atoms with van der Waals surface area (Å²) in [6.07, 6.45) is 5.26. The summed E-state index contributed by atoms with van der Waals surface area (Å²) in [5.74, 6) is -2.23. The predicted octanol–water partition coefficient (Wildman–Crippen LogP) is 3.01. The van der Waals surface area contributed by atoms with Gasteiger partial charge < -0.3 is 20.2 Å². The quantitative estimate of drug-likeness (QED) is 0.538. The van der Waals surface area contributed by atoms with Gasteiger partial charge in [0.05, 0.1) is 0 Å². The van der Waals surface area contributed by atoms with Crippen molar-refractivity contribution in [3.8, 4) is 11.5 Å². The van der Waals surface area contributed by atoms with Gasteiger partial charge in [-0.1, -0.05) is 30.3 Å². The molecule has 0 aliphatic carbocycles. The third-order valence-electron chi connectivity index (χ3n) is 5.17. The number of benzene rings is 2. The Morgan fingerprint density at radius 3 is 2.70 bits per heavy atom. The molecule has 0 atom stereocenters. The van der Waals surface area contributed by atoms with Crippen LogP contribution in [0.2, 0.25) is 0 Å². The fraction of sp³-hybridized carbons (Fsp3) is 0.167. The Bertz CT molecular complexity index is 1270. The molecule has 2 aromatic carbocycles. The highest BCUT2D eigenvalue weighted by molar-refractivity contribution is 5.96. The van der Waals surface area contributed by atoms with Crippen LogP contribution in [-0.4, -0.2) is 40.4 Å². The van der Waals surface area contributed by atoms with Crippen molar-refractivity contribution < 1.29 is 23.4 Å². The molecule has 33 heavy (non-hydrogen) atoms. The highest BCUT2D eigenvalue weighted by Crippen LogP contribution is 2.22. The molecule has 1 aliphatic heterocycles. The lowest BCUT2D eigenvalue weighted by Crippen LogP contribution is -2.46. The second-order valence-electron chi connectivity index (χ2n) is 7.41. The minimum absolute atomic E-state index is 0.107. The van der Waals surface area contributed by atoms with Gasteiger partial charge in [0.1, 0.15) is 19.0 Å². The molecule has 1 aliphatic rings. The molecule has 0 spiro atoms. The molecule has 170 valence electrons. The number of carbonyl (C=O) groups excluding carboxylic acids is 1. The average molecular weight is 453 g/mol. The molecule has 4 rings (SSSR count). The van der Waals surface area contributed by atoms with Crippen LogP contribution in [0, 0.1) is 11.6 Å². The molecule has 7 nitrogen and oxygen atoms in total. The molecule has 0 saturated carbocycles. The normalized spacial score (nSPS) is 13.2. The van der Waals surface area contributed by atoms with Crippen LogP contribution in [0.5, 0.6) is 11.5 Å². The first kappa shape index (κ1) is 22.1. The SMILES string of the molecule is O=C1c2c(O)c(=O)ccn2NCN1C/C=C\COc1ccccc1Cc1ccc(F)c(F)c1. The first-order valence-electron chi connectivity index (χ1n) is 10.2. The van der Waals surface area contributed by atoms with Crippen LogP contribution in [0.25, 0.3) is 0 Å². The van der Waals surface area contributed by atoms with Crippen molar-refractivity contribution in [1.29, 1.82) is 0 Å². The van der Waals surface area contributed by atoms with Crippen molar-refractivity contribution in [1.82, 2.24) is 9.58 Å². The molecule has 2 N–H and O–H groups in total. The number of carbonyl (C=O) groups is 1. The maximum absolute atomic E-state index is 13.5. The lowest BCUT2D eigenvalue weighted by molar-refractivity contribution is 0.0741. The van der Waals surface area contributed by atoms with Crippen LogP contribution < -0.4 is 15.6 Å². The Hall–Kier alpha value is -4.14. The summed E-state index contributed by atoms with van der Waals surface area (Å²) in [6, 6.07) is 12.3. The summed E-state index contributed by atoms with van der Waals surface area (Å²) in [4.78, 5) is 25.6. The highest BCUT2D eigenvalue weighted by atomic mass is 19.2. The molecule has 1 amide bonds. The minimum atomic E-state index is -0.892. The summed E-state index contributed by atoms with van der Waals surface area (Å²) >= 11 is 0. The first-order chi connectivity index (χ1) is 15.9. The zero-order valence-corrected chi connectivity index (χ0v) is 17.5. The standard InChI is InChI=1S/C24H21F2N3O4/c25-18-8-7-16(14-19(18)26)13-17-5-1-2-6-21(17)33-12-4-3-10-28-15-27-29-11-9-20(30)23(31)22(29)24(28)32/h1-9,11,14,27,31H,10,12-13,15H2/b4-3-. The van der Waals surface area contributed by atoms with E-state index in [-0.39, 0.29) is 25.5 Å². The van der Waals surface area contributed by atoms with Gasteiger partial charge in [0.2, 0.25) is 5.43 Å². The van der Waals surface area contributed by atoms with Crippen molar-refractivity contribution in [2.24, 2.45) is 0 Å². The number of aromatic hydroxyl groups is 1. The lowest BCUT2D eigenvalue weighted by Gasteiger charge is -2.30. The van der Waals surface area contributed by atoms with Crippen LogP contribution in [-0.2, 0) is 6.42 Å². The number of nitrogens with one attached hydrogen (secondary N) is 1. The number of amides is 1. The van der Waals surface area contributed by atoms with E-state index in [4.69, 9.17) is 4.74 Å². The second-order valence-corrected chi connectivity index (χ2v) is 7.41. The fourth-order valence-electron chi connectivity index (χ4n) is 3.46. The van der Waals surface area contributed by atoms with Gasteiger partial charge in [-0.15, -0.1) is 0 Å². The summed E-state index contributed by atoms with van der Waals surface area (Å²) in [5.41, 5.74) is 3.64. The third-order valence-corrected chi connectivity index (χ3v) is 5.17. The molecule has 0 bridgehead atoms. The molecule has 0 radical (unpaired) electrons. The van der Waals surface area contributed by atoms with E-state index in [0.29, 0.717) is 17.7 Å². The topological polar surface area (TPSA) is 83.8 Å². The number of aromatic nitrogens is 1. The maximum atomic E-state index is 13.5. The van der Waals surface area contributed by atoms with Crippen LogP contribution in [0.3, 0.4) is 0 Å². The van der Waals surface area contributed by atoms with E-state index in [2.05, 4.69) is 5.43 Å². The van der Waals surface area contributed by atoms with Crippen LogP contribution in [0.1, 0.15) is 21.6 Å². The van der Waals surface area contributed by atoms with Crippen molar-refractivity contribution in [2.75, 3.05) is 25.2 Å². The molecule has 1 aromatic heterocycles. The lowest BCUT2D eigenvalue weighted by atomic mass is 10.0. The van der Waals surface area contributed by atoms with E-state index >= 15 is 0 Å². The van der Waals surface area contributed by atoms with E-state index in [9.17, 15) is 23.5 Å². The maximum Gasteiger partial charge on any atom is 0.278 e. The van der Waals surface area contributed by atoms with Gasteiger partial charge in [0.25, 0.3) is 5.91 Å². The molecule has 0 saturated heterocycles. The Labute approximate surface area is 188 Å². The summed E-state index contributed by atoms with van der Waals surface area (Å²) in [5, 5.41) is 9.93. The van der Waals surface area contributed by atoms with Crippen LogP contribution >= 0.6 is 0 Å². The van der Waals surface area contributed by atoms with Gasteiger partial charge in [-0.25, -0.2) is 8.78 Å². The number of hydrogen-bond acceptors (Lipinski definition) is 5. The van der Waals surface area contributed by atoms with E-state index in [1.165, 1.54) is 34.0 Å². The van der Waals surface area contributed by atoms with Gasteiger partial charge in [0, 0.05) is 25.2 Å². The average Bonchev–Trinajstić information content (AvgIpc) is 2.81. The minimum Gasteiger partial charge on any atom is -0.502 e. The van der Waals surface area contributed by atoms with Gasteiger partial charge in [-0.3, -0.25) is 14.3 Å². The predicted molar refractivity (Wildman–Crippen MR) is 118 cm³/mol. The van der Waals surface area contributed by atoms with Crippen molar-refractivity contribution in [3.63, 3.8) is 0 Å². The number of hydrogen-bond donors (Lipinski definition) is 2. The molecule has 0 fully saturated rings. The number of fused-ring (bicyclic) bond motifs is 1. The molecule has 0 unspecified atom stereocenters. The van der Waals surface area contributed by atoms with E-state index in [1.54, 1.807) is 18.2 Å². The van der Waals surface area contributed by atoms with Gasteiger partial charge in [-0.2, -0.15) is 0 Å². The largest absolute Gasteiger partial charge is 0.502 e. The number of para-hydroxylation sites is 1. The summed E-state index contributed by atoms with van der Waals surface area (Å²) < 4.78 is 33.8. The smallest absolute Gasteiger partial charge is 0.278 e. The first-order valence-corrected chi connectivity index (χ1v) is 10.2. The molecule has 2 heterocycles. The van der Waals surface area contributed by atoms with Crippen molar-refractivity contribution in [2.45, 2.75) is 6.42 Å². The molecule has 3 aromatic rings. The molecular formula is C24H21F2N3O4. The number of pyridine rings is 1. The Balaban J connectivity index is 1.35. The summed E-state index contributed by atoms with van der Waals surface area (Å²) in [7, 11) is 0. The summed E-state index contributed by atoms with van der Waals surface area (Å²) in [6.45, 7) is 0.677. The van der Waals surface area contributed by atoms with Crippen molar-refractivity contribution in [3.05, 3.63) is 106 Å². The Morgan fingerprint density at radius 1 is 1.06 bits per heavy atom.